The number of aliphatic hydroxyl groups excluding tert-OH is 1. The molecule has 2 saturated heterocycles. The average Bonchev–Trinajstić information content (AvgIpc) is 3.26. The van der Waals surface area contributed by atoms with E-state index in [1.807, 2.05) is 0 Å². The molecule has 4 rings (SSSR count). The molecule has 0 spiro atoms. The summed E-state index contributed by atoms with van der Waals surface area (Å²) >= 11 is 0. The van der Waals surface area contributed by atoms with Crippen molar-refractivity contribution in [2.24, 2.45) is 11.8 Å². The van der Waals surface area contributed by atoms with Gasteiger partial charge in [-0.15, -0.1) is 0 Å². The van der Waals surface area contributed by atoms with E-state index in [-0.39, 0.29) is 9.99 Å². The molecular weight excluding hydrogens is 510 g/mol. The molecule has 2 aliphatic rings. The highest BCUT2D eigenvalue weighted by Crippen LogP contribution is 2.33. The zero-order valence-electron chi connectivity index (χ0n) is 34.9. The molecule has 2 aliphatic heterocycles. The number of fused-ring (bicyclic) bond motifs is 1. The maximum atomic E-state index is 14.1. The topological polar surface area (TPSA) is 140 Å². The van der Waals surface area contributed by atoms with Gasteiger partial charge in [0, 0.05) is 32.4 Å². The highest BCUT2D eigenvalue weighted by Gasteiger charge is 2.44. The Morgan fingerprint density at radius 3 is 2.76 bits per heavy atom. The fourth-order valence-electron chi connectivity index (χ4n) is 3.71. The molecule has 10 nitrogen and oxygen atoms in total. The molecule has 1 amide bonds. The van der Waals surface area contributed by atoms with Crippen molar-refractivity contribution in [1.29, 1.82) is 0 Å². The third-order valence-corrected chi connectivity index (χ3v) is 7.30. The minimum absolute atomic E-state index is 0.0541. The Morgan fingerprint density at radius 1 is 1.32 bits per heavy atom. The van der Waals surface area contributed by atoms with Gasteiger partial charge >= 0.3 is 6.09 Å². The fraction of sp³-hybridized carbons (Fsp3) is 0.519. The Labute approximate surface area is 245 Å². The second-order valence-corrected chi connectivity index (χ2v) is 10.2. The van der Waals surface area contributed by atoms with Crippen LogP contribution in [0.4, 0.5) is 10.5 Å². The van der Waals surface area contributed by atoms with Crippen molar-refractivity contribution in [2.45, 2.75) is 56.0 Å². The number of hydrogen-bond acceptors (Lipinski definition) is 8. The van der Waals surface area contributed by atoms with Crippen LogP contribution >= 0.6 is 0 Å². The van der Waals surface area contributed by atoms with Crippen LogP contribution < -0.4 is 11.1 Å². The first-order valence-corrected chi connectivity index (χ1v) is 12.8. The molecule has 0 unspecified atom stereocenters. The number of rotatable bonds is 11. The molecule has 2 heterocycles. The third-order valence-electron chi connectivity index (χ3n) is 5.61. The number of anilines is 1. The van der Waals surface area contributed by atoms with Crippen molar-refractivity contribution >= 4 is 21.8 Å². The summed E-state index contributed by atoms with van der Waals surface area (Å²) in [6.45, 7) is -19.4. The van der Waals surface area contributed by atoms with Crippen molar-refractivity contribution in [3.8, 4) is 0 Å². The van der Waals surface area contributed by atoms with Crippen molar-refractivity contribution in [2.75, 3.05) is 31.9 Å². The monoisotopic (exact) mass is 562 g/mol. The van der Waals surface area contributed by atoms with Crippen LogP contribution in [0, 0.1) is 11.8 Å². The van der Waals surface area contributed by atoms with Gasteiger partial charge < -0.3 is 30.4 Å². The Morgan fingerprint density at radius 2 is 2.05 bits per heavy atom. The summed E-state index contributed by atoms with van der Waals surface area (Å²) in [6, 6.07) is 9.92. The largest absolute Gasteiger partial charge is 0.443 e. The Kier molecular flexibility index (Phi) is 4.78. The van der Waals surface area contributed by atoms with E-state index >= 15 is 0 Å². The van der Waals surface area contributed by atoms with Crippen LogP contribution in [0.1, 0.15) is 46.2 Å². The Bertz CT molecular complexity index is 1750. The van der Waals surface area contributed by atoms with Gasteiger partial charge in [0.2, 0.25) is 10.0 Å². The number of nitrogen functional groups attached to an aromatic ring is 1. The number of hydrogen-bond donors (Lipinski definition) is 3. The van der Waals surface area contributed by atoms with E-state index in [4.69, 9.17) is 40.5 Å². The van der Waals surface area contributed by atoms with Crippen molar-refractivity contribution in [3.05, 3.63) is 60.2 Å². The number of sulfonamides is 1. The van der Waals surface area contributed by atoms with Crippen LogP contribution in [0.3, 0.4) is 0 Å². The molecule has 5 atom stereocenters. The van der Waals surface area contributed by atoms with Crippen molar-refractivity contribution in [1.82, 2.24) is 9.62 Å². The molecule has 2 aromatic carbocycles. The number of amides is 1. The molecule has 38 heavy (non-hydrogen) atoms. The van der Waals surface area contributed by atoms with Gasteiger partial charge in [-0.05, 0) is 48.6 Å². The summed E-state index contributed by atoms with van der Waals surface area (Å²) in [6.07, 6.45) is -10.6. The first kappa shape index (κ1) is 14.6. The number of carbonyl (C=O) groups excluding carboxylic acids is 1. The number of alkyl carbamates (subject to hydrolysis) is 1. The van der Waals surface area contributed by atoms with Gasteiger partial charge in [0.1, 0.15) is 6.10 Å². The standard InChI is InChI=1S/C27H37N3O7S/c1-18(2)15-30(38(33,34)21-10-8-20(28)9-11-21)16-24(31)23(14-19-6-4-3-5-7-19)29-27(32)37-25-17-36-26-22(25)12-13-35-26/h3-11,18,22-26,31H,12-17,28H2,1-2H3,(H,29,32)/t22-,23-,24+,25-,26+/m0/s1/i1D3,2D3,13D2,15D2,17D2,18D,22D,26D. The summed E-state index contributed by atoms with van der Waals surface area (Å²) in [5, 5.41) is 13.8. The SMILES string of the molecule is [2H]C1([2H])C[C@@]2([2H])[C@@H](OC(=O)N[C@@H](Cc3ccccc3)[C@H](O)CN(C([2H])([2H])C([2H])(C([2H])([2H])[2H])C([2H])([2H])[2H])S(=O)(=O)c3ccc(N)cc3)C([2H])([2H])O[C@@]2([2H])O1. The second-order valence-electron chi connectivity index (χ2n) is 8.34. The van der Waals surface area contributed by atoms with Gasteiger partial charge in [-0.1, -0.05) is 44.0 Å². The van der Waals surface area contributed by atoms with Crippen LogP contribution in [0.25, 0.3) is 0 Å². The minimum atomic E-state index is -5.36. The van der Waals surface area contributed by atoms with Crippen LogP contribution in [-0.2, 0) is 30.7 Å². The molecule has 11 heteroatoms. The summed E-state index contributed by atoms with van der Waals surface area (Å²) < 4.78 is 165. The van der Waals surface area contributed by atoms with Crippen LogP contribution in [0.5, 0.6) is 0 Å². The average molecular weight is 563 g/mol. The highest BCUT2D eigenvalue weighted by molar-refractivity contribution is 7.89. The highest BCUT2D eigenvalue weighted by atomic mass is 32.2. The number of aliphatic hydroxyl groups is 1. The summed E-state index contributed by atoms with van der Waals surface area (Å²) in [5.41, 5.74) is 6.06. The lowest BCUT2D eigenvalue weighted by molar-refractivity contribution is -0.0907. The minimum Gasteiger partial charge on any atom is -0.443 e. The predicted octanol–water partition coefficient (Wildman–Crippen LogP) is 2.38. The molecule has 4 N–H and O–H groups in total. The van der Waals surface area contributed by atoms with Crippen LogP contribution in [0.15, 0.2) is 59.5 Å². The third kappa shape index (κ3) is 7.03. The molecular formula is C27H37N3O7S. The van der Waals surface area contributed by atoms with Crippen molar-refractivity contribution < 1.29 is 53.1 Å². The van der Waals surface area contributed by atoms with Gasteiger partial charge in [-0.25, -0.2) is 13.2 Å². The first-order valence-electron chi connectivity index (χ1n) is 18.8. The predicted molar refractivity (Wildman–Crippen MR) is 142 cm³/mol. The zero-order chi connectivity index (χ0) is 40.4. The van der Waals surface area contributed by atoms with E-state index in [9.17, 15) is 18.3 Å². The molecule has 0 aliphatic carbocycles. The summed E-state index contributed by atoms with van der Waals surface area (Å²) in [7, 11) is -5.36. The number of carbonyl (C=O) groups is 1. The summed E-state index contributed by atoms with van der Waals surface area (Å²) in [4.78, 5) is 12.7. The number of nitrogens with two attached hydrogens (primary N) is 1. The Balaban J connectivity index is 1.77. The number of nitrogens with zero attached hydrogens (tertiary/aromatic N) is 1. The molecule has 0 radical (unpaired) electrons. The lowest BCUT2D eigenvalue weighted by Crippen LogP contribution is -2.51. The second kappa shape index (κ2) is 12.4. The van der Waals surface area contributed by atoms with Gasteiger partial charge in [-0.3, -0.25) is 0 Å². The molecule has 0 bridgehead atoms. The van der Waals surface area contributed by atoms with Gasteiger partial charge in [0.25, 0.3) is 0 Å². The smallest absolute Gasteiger partial charge is 0.407 e. The molecule has 0 saturated carbocycles. The lowest BCUT2D eigenvalue weighted by atomic mass is 10.0. The first-order chi connectivity index (χ1) is 23.8. The maximum Gasteiger partial charge on any atom is 0.407 e. The normalized spacial score (nSPS) is 36.5. The number of nitrogens with one attached hydrogen (secondary N) is 1. The lowest BCUT2D eigenvalue weighted by Gasteiger charge is -2.31. The zero-order valence-corrected chi connectivity index (χ0v) is 20.7. The van der Waals surface area contributed by atoms with E-state index in [0.29, 0.717) is 5.56 Å². The van der Waals surface area contributed by atoms with E-state index < -0.39 is 110 Å². The molecule has 208 valence electrons. The van der Waals surface area contributed by atoms with E-state index in [2.05, 4.69) is 5.32 Å². The Hall–Kier alpha value is -2.70. The van der Waals surface area contributed by atoms with Gasteiger partial charge in [-0.2, -0.15) is 4.31 Å². The fourth-order valence-corrected chi connectivity index (χ4v) is 5.01. The van der Waals surface area contributed by atoms with E-state index in [1.54, 1.807) is 18.2 Å². The van der Waals surface area contributed by atoms with E-state index in [0.717, 1.165) is 24.3 Å². The molecule has 2 aromatic rings. The number of ether oxygens (including phenoxy) is 3. The van der Waals surface area contributed by atoms with Gasteiger partial charge in [0.15, 0.2) is 6.27 Å². The quantitative estimate of drug-likeness (QED) is 0.355. The number of benzene rings is 2. The van der Waals surface area contributed by atoms with Crippen LogP contribution in [0.2, 0.25) is 0 Å². The molecule has 0 aromatic heterocycles. The summed E-state index contributed by atoms with van der Waals surface area (Å²) in [5.74, 6) is -6.85. The van der Waals surface area contributed by atoms with Crippen LogP contribution in [-0.4, -0.2) is 74.6 Å². The van der Waals surface area contributed by atoms with E-state index in [1.165, 1.54) is 12.1 Å². The van der Waals surface area contributed by atoms with Gasteiger partial charge in [0.05, 0.1) is 42.9 Å². The maximum absolute atomic E-state index is 14.1. The van der Waals surface area contributed by atoms with Crippen molar-refractivity contribution in [3.63, 3.8) is 0 Å². The molecule has 2 fully saturated rings.